The van der Waals surface area contributed by atoms with Crippen LogP contribution in [0.3, 0.4) is 0 Å². The van der Waals surface area contributed by atoms with Gasteiger partial charge in [-0.15, -0.1) is 0 Å². The molecule has 1 heterocycles. The second-order valence-corrected chi connectivity index (χ2v) is 7.64. The molecule has 0 aliphatic heterocycles. The van der Waals surface area contributed by atoms with Gasteiger partial charge < -0.3 is 15.1 Å². The highest BCUT2D eigenvalue weighted by Gasteiger charge is 2.30. The summed E-state index contributed by atoms with van der Waals surface area (Å²) in [6.07, 6.45) is 0.704. The Kier molecular flexibility index (Phi) is 5.71. The molecule has 8 heteroatoms. The van der Waals surface area contributed by atoms with Crippen molar-refractivity contribution in [1.82, 2.24) is 0 Å². The number of amides is 1. The van der Waals surface area contributed by atoms with E-state index in [0.717, 1.165) is 56.4 Å². The van der Waals surface area contributed by atoms with Crippen LogP contribution in [0.4, 0.5) is 24.5 Å². The van der Waals surface area contributed by atoms with Gasteiger partial charge in [0.1, 0.15) is 5.58 Å². The number of nitrogens with one attached hydrogen (secondary N) is 2. The van der Waals surface area contributed by atoms with Crippen LogP contribution in [-0.4, -0.2) is 11.9 Å². The highest BCUT2D eigenvalue weighted by molar-refractivity contribution is 6.08. The van der Waals surface area contributed by atoms with Crippen LogP contribution in [0.2, 0.25) is 0 Å². The highest BCUT2D eigenvalue weighted by atomic mass is 19.4. The SMILES string of the molecule is O=C(Nc1c(NC2CCCCC2)c2ccccc2oc1=O)c1ccc(C(F)(F)F)cc1. The van der Waals surface area contributed by atoms with Gasteiger partial charge in [-0.05, 0) is 49.2 Å². The molecule has 0 bridgehead atoms. The van der Waals surface area contributed by atoms with E-state index in [1.165, 1.54) is 0 Å². The zero-order valence-electron chi connectivity index (χ0n) is 16.6. The molecule has 0 atom stereocenters. The molecule has 1 saturated carbocycles. The first kappa shape index (κ1) is 21.0. The van der Waals surface area contributed by atoms with Crippen molar-refractivity contribution in [3.8, 4) is 0 Å². The number of rotatable bonds is 4. The minimum Gasteiger partial charge on any atom is -0.421 e. The molecule has 2 N–H and O–H groups in total. The van der Waals surface area contributed by atoms with E-state index in [1.807, 2.05) is 0 Å². The molecule has 1 aliphatic rings. The third-order valence-corrected chi connectivity index (χ3v) is 5.48. The van der Waals surface area contributed by atoms with Crippen molar-refractivity contribution in [1.29, 1.82) is 0 Å². The Balaban J connectivity index is 1.69. The van der Waals surface area contributed by atoms with Crippen LogP contribution in [0, 0.1) is 0 Å². The number of hydrogen-bond acceptors (Lipinski definition) is 4. The number of hydrogen-bond donors (Lipinski definition) is 2. The van der Waals surface area contributed by atoms with Crippen molar-refractivity contribution < 1.29 is 22.4 Å². The molecule has 0 unspecified atom stereocenters. The first-order valence-corrected chi connectivity index (χ1v) is 10.1. The molecule has 162 valence electrons. The minimum atomic E-state index is -4.49. The number of alkyl halides is 3. The number of halogens is 3. The van der Waals surface area contributed by atoms with Crippen LogP contribution in [0.15, 0.2) is 57.7 Å². The van der Waals surface area contributed by atoms with Gasteiger partial charge in [0.2, 0.25) is 0 Å². The number of carbonyl (C=O) groups excluding carboxylic acids is 1. The third-order valence-electron chi connectivity index (χ3n) is 5.48. The summed E-state index contributed by atoms with van der Waals surface area (Å²) >= 11 is 0. The maximum Gasteiger partial charge on any atom is 0.416 e. The van der Waals surface area contributed by atoms with Crippen LogP contribution in [0.5, 0.6) is 0 Å². The molecule has 1 amide bonds. The first-order valence-electron chi connectivity index (χ1n) is 10.1. The van der Waals surface area contributed by atoms with Crippen LogP contribution in [0.25, 0.3) is 11.0 Å². The predicted octanol–water partition coefficient (Wildman–Crippen LogP) is 5.81. The van der Waals surface area contributed by atoms with Crippen molar-refractivity contribution in [2.24, 2.45) is 0 Å². The molecule has 0 saturated heterocycles. The van der Waals surface area contributed by atoms with E-state index in [-0.39, 0.29) is 17.3 Å². The molecule has 1 aromatic heterocycles. The number of fused-ring (bicyclic) bond motifs is 1. The van der Waals surface area contributed by atoms with E-state index in [9.17, 15) is 22.8 Å². The molecule has 4 rings (SSSR count). The van der Waals surface area contributed by atoms with Gasteiger partial charge in [-0.3, -0.25) is 4.79 Å². The second-order valence-electron chi connectivity index (χ2n) is 7.64. The van der Waals surface area contributed by atoms with E-state index in [2.05, 4.69) is 10.6 Å². The van der Waals surface area contributed by atoms with Gasteiger partial charge in [0, 0.05) is 17.0 Å². The summed E-state index contributed by atoms with van der Waals surface area (Å²) in [7, 11) is 0. The van der Waals surface area contributed by atoms with Crippen molar-refractivity contribution in [3.63, 3.8) is 0 Å². The lowest BCUT2D eigenvalue weighted by Gasteiger charge is -2.25. The first-order chi connectivity index (χ1) is 14.8. The Hall–Kier alpha value is -3.29. The lowest BCUT2D eigenvalue weighted by molar-refractivity contribution is -0.137. The lowest BCUT2D eigenvalue weighted by atomic mass is 9.95. The molecule has 0 radical (unpaired) electrons. The van der Waals surface area contributed by atoms with E-state index in [4.69, 9.17) is 4.42 Å². The summed E-state index contributed by atoms with van der Waals surface area (Å²) in [4.78, 5) is 25.4. The Labute approximate surface area is 176 Å². The lowest BCUT2D eigenvalue weighted by Crippen LogP contribution is -2.26. The van der Waals surface area contributed by atoms with Gasteiger partial charge >= 0.3 is 11.8 Å². The fraction of sp³-hybridized carbons (Fsp3) is 0.304. The van der Waals surface area contributed by atoms with Gasteiger partial charge in [0.25, 0.3) is 5.91 Å². The van der Waals surface area contributed by atoms with Crippen molar-refractivity contribution >= 4 is 28.3 Å². The van der Waals surface area contributed by atoms with Crippen LogP contribution in [-0.2, 0) is 6.18 Å². The second kappa shape index (κ2) is 8.45. The van der Waals surface area contributed by atoms with E-state index in [1.54, 1.807) is 24.3 Å². The topological polar surface area (TPSA) is 71.3 Å². The molecule has 1 fully saturated rings. The largest absolute Gasteiger partial charge is 0.421 e. The van der Waals surface area contributed by atoms with Crippen molar-refractivity contribution in [2.75, 3.05) is 10.6 Å². The minimum absolute atomic E-state index is 0.00387. The molecule has 2 aromatic carbocycles. The van der Waals surface area contributed by atoms with E-state index in [0.29, 0.717) is 16.7 Å². The maximum absolute atomic E-state index is 12.8. The molecule has 5 nitrogen and oxygen atoms in total. The monoisotopic (exact) mass is 430 g/mol. The van der Waals surface area contributed by atoms with Gasteiger partial charge in [0.05, 0.1) is 11.3 Å². The van der Waals surface area contributed by atoms with Crippen LogP contribution >= 0.6 is 0 Å². The summed E-state index contributed by atoms with van der Waals surface area (Å²) in [5, 5.41) is 6.59. The summed E-state index contributed by atoms with van der Waals surface area (Å²) < 4.78 is 43.7. The van der Waals surface area contributed by atoms with Crippen molar-refractivity contribution in [3.05, 3.63) is 70.1 Å². The number of benzene rings is 2. The van der Waals surface area contributed by atoms with E-state index >= 15 is 0 Å². The normalized spacial score (nSPS) is 15.1. The van der Waals surface area contributed by atoms with Gasteiger partial charge in [0.15, 0.2) is 5.69 Å². The molecular weight excluding hydrogens is 409 g/mol. The Morgan fingerprint density at radius 1 is 0.935 bits per heavy atom. The van der Waals surface area contributed by atoms with Crippen LogP contribution < -0.4 is 16.3 Å². The summed E-state index contributed by atoms with van der Waals surface area (Å²) in [6.45, 7) is 0. The van der Waals surface area contributed by atoms with Gasteiger partial charge in [-0.2, -0.15) is 13.2 Å². The number of carbonyl (C=O) groups is 1. The number of para-hydroxylation sites is 1. The Morgan fingerprint density at radius 2 is 1.61 bits per heavy atom. The Morgan fingerprint density at radius 3 is 2.29 bits per heavy atom. The quantitative estimate of drug-likeness (QED) is 0.513. The average molecular weight is 430 g/mol. The predicted molar refractivity (Wildman–Crippen MR) is 112 cm³/mol. The molecular formula is C23H21F3N2O3. The molecule has 31 heavy (non-hydrogen) atoms. The van der Waals surface area contributed by atoms with Gasteiger partial charge in [-0.1, -0.05) is 31.4 Å². The maximum atomic E-state index is 12.8. The Bertz CT molecular complexity index is 1150. The smallest absolute Gasteiger partial charge is 0.416 e. The summed E-state index contributed by atoms with van der Waals surface area (Å²) in [5.41, 5.74) is -0.762. The number of anilines is 2. The summed E-state index contributed by atoms with van der Waals surface area (Å²) in [6, 6.07) is 11.0. The third kappa shape index (κ3) is 4.57. The fourth-order valence-electron chi connectivity index (χ4n) is 3.86. The summed E-state index contributed by atoms with van der Waals surface area (Å²) in [5.74, 6) is -0.692. The molecule has 1 aliphatic carbocycles. The van der Waals surface area contributed by atoms with Gasteiger partial charge in [-0.25, -0.2) is 4.79 Å². The standard InChI is InChI=1S/C23H21F3N2O3/c24-23(25,26)15-12-10-14(11-13-15)21(29)28-20-19(27-16-6-2-1-3-7-16)17-8-4-5-9-18(17)31-22(20)30/h4-5,8-13,16,27H,1-3,6-7H2,(H,28,29). The van der Waals surface area contributed by atoms with Crippen molar-refractivity contribution in [2.45, 2.75) is 44.3 Å². The molecule has 0 spiro atoms. The van der Waals surface area contributed by atoms with E-state index < -0.39 is 23.3 Å². The zero-order chi connectivity index (χ0) is 22.0. The zero-order valence-corrected chi connectivity index (χ0v) is 16.6. The average Bonchev–Trinajstić information content (AvgIpc) is 2.76. The highest BCUT2D eigenvalue weighted by Crippen LogP contribution is 2.32. The molecule has 3 aromatic rings. The fourth-order valence-corrected chi connectivity index (χ4v) is 3.86. The van der Waals surface area contributed by atoms with Crippen LogP contribution in [0.1, 0.15) is 48.0 Å².